The minimum absolute atomic E-state index is 0.966. The van der Waals surface area contributed by atoms with Crippen LogP contribution in [0.3, 0.4) is 0 Å². The first kappa shape index (κ1) is 34.1. The fourth-order valence-corrected chi connectivity index (χ4v) is 8.47. The number of hydrogen-bond acceptors (Lipinski definition) is 0. The summed E-state index contributed by atoms with van der Waals surface area (Å²) in [7, 11) is 0. The molecule has 57 heavy (non-hydrogen) atoms. The van der Waals surface area contributed by atoms with Crippen LogP contribution in [0.25, 0.3) is 93.9 Å². The Labute approximate surface area is 333 Å². The van der Waals surface area contributed by atoms with E-state index in [0.717, 1.165) is 33.6 Å². The molecule has 0 saturated heterocycles. The average Bonchev–Trinajstić information content (AvgIpc) is 3.80. The fraction of sp³-hybridized carbons (Fsp3) is 0.0182. The van der Waals surface area contributed by atoms with Crippen molar-refractivity contribution in [2.24, 2.45) is 0 Å². The number of rotatable bonds is 8. The van der Waals surface area contributed by atoms with Crippen LogP contribution in [-0.2, 0) is 0 Å². The van der Waals surface area contributed by atoms with Crippen LogP contribution in [0.2, 0.25) is 0 Å². The lowest BCUT2D eigenvalue weighted by Crippen LogP contribution is -1.97. The zero-order valence-electron chi connectivity index (χ0n) is 31.8. The van der Waals surface area contributed by atoms with E-state index in [1.54, 1.807) is 0 Å². The zero-order chi connectivity index (χ0) is 38.3. The molecule has 8 aromatic carbocycles. The standard InChI is InChI=1S/C55H40N2/c1-3-4-7-17-38(2)43-34-44(40-20-10-6-11-21-40)36-46(35-43)56-52-26-14-13-23-49(52)51-37-42(30-33-54(51)56)47-24-16-25-50-48-22-12-15-27-53(48)57(55(47)50)45-31-28-41(29-32-45)39-18-8-5-9-19-39/h3-37H,2H2,1H3. The molecule has 0 aliphatic carbocycles. The highest BCUT2D eigenvalue weighted by Gasteiger charge is 2.19. The Balaban J connectivity index is 1.17. The maximum atomic E-state index is 4.48. The first-order valence-corrected chi connectivity index (χ1v) is 19.6. The highest BCUT2D eigenvalue weighted by molar-refractivity contribution is 6.15. The van der Waals surface area contributed by atoms with Crippen LogP contribution in [0.1, 0.15) is 12.5 Å². The van der Waals surface area contributed by atoms with Crippen molar-refractivity contribution < 1.29 is 0 Å². The monoisotopic (exact) mass is 728 g/mol. The predicted molar refractivity (Wildman–Crippen MR) is 244 cm³/mol. The topological polar surface area (TPSA) is 9.86 Å². The number of fused-ring (bicyclic) bond motifs is 6. The van der Waals surface area contributed by atoms with Crippen LogP contribution in [0.5, 0.6) is 0 Å². The van der Waals surface area contributed by atoms with E-state index in [4.69, 9.17) is 0 Å². The van der Waals surface area contributed by atoms with Crippen molar-refractivity contribution >= 4 is 49.2 Å². The summed E-state index contributed by atoms with van der Waals surface area (Å²) in [5.74, 6) is 0. The lowest BCUT2D eigenvalue weighted by Gasteiger charge is -2.15. The smallest absolute Gasteiger partial charge is 0.0619 e. The van der Waals surface area contributed by atoms with Crippen LogP contribution in [0, 0.1) is 0 Å². The van der Waals surface area contributed by atoms with Gasteiger partial charge in [0.25, 0.3) is 0 Å². The summed E-state index contributed by atoms with van der Waals surface area (Å²) in [5.41, 5.74) is 16.2. The molecule has 0 N–H and O–H groups in total. The van der Waals surface area contributed by atoms with Crippen LogP contribution in [0.15, 0.2) is 219 Å². The van der Waals surface area contributed by atoms with Crippen LogP contribution in [-0.4, -0.2) is 9.13 Å². The van der Waals surface area contributed by atoms with Gasteiger partial charge in [-0.2, -0.15) is 0 Å². The second kappa shape index (κ2) is 14.3. The van der Waals surface area contributed by atoms with Crippen molar-refractivity contribution in [2.75, 3.05) is 0 Å². The fourth-order valence-electron chi connectivity index (χ4n) is 8.47. The third-order valence-electron chi connectivity index (χ3n) is 11.2. The van der Waals surface area contributed by atoms with E-state index in [2.05, 4.69) is 216 Å². The molecule has 2 heterocycles. The maximum Gasteiger partial charge on any atom is 0.0619 e. The Bertz CT molecular complexity index is 3170. The molecule has 270 valence electrons. The van der Waals surface area contributed by atoms with Crippen LogP contribution < -0.4 is 0 Å². The number of nitrogens with zero attached hydrogens (tertiary/aromatic N) is 2. The molecule has 0 unspecified atom stereocenters. The number of hydrogen-bond donors (Lipinski definition) is 0. The van der Waals surface area contributed by atoms with E-state index < -0.39 is 0 Å². The van der Waals surface area contributed by atoms with Crippen molar-refractivity contribution in [3.63, 3.8) is 0 Å². The highest BCUT2D eigenvalue weighted by Crippen LogP contribution is 2.41. The molecule has 0 spiro atoms. The van der Waals surface area contributed by atoms with Gasteiger partial charge in [0, 0.05) is 38.5 Å². The molecular formula is C55H40N2. The second-order valence-electron chi connectivity index (χ2n) is 14.6. The van der Waals surface area contributed by atoms with E-state index in [1.165, 1.54) is 65.9 Å². The van der Waals surface area contributed by atoms with Gasteiger partial charge in [0.2, 0.25) is 0 Å². The lowest BCUT2D eigenvalue weighted by molar-refractivity contribution is 1.18. The molecule has 2 nitrogen and oxygen atoms in total. The second-order valence-corrected chi connectivity index (χ2v) is 14.6. The number of allylic oxidation sites excluding steroid dienone is 5. The van der Waals surface area contributed by atoms with Gasteiger partial charge in [-0.15, -0.1) is 0 Å². The van der Waals surface area contributed by atoms with Gasteiger partial charge in [0.05, 0.1) is 22.1 Å². The Hall–Kier alpha value is -7.42. The third kappa shape index (κ3) is 6.00. The Kier molecular flexibility index (Phi) is 8.58. The van der Waals surface area contributed by atoms with Crippen molar-refractivity contribution in [1.29, 1.82) is 0 Å². The van der Waals surface area contributed by atoms with Crippen LogP contribution >= 0.6 is 0 Å². The van der Waals surface area contributed by atoms with E-state index in [9.17, 15) is 0 Å². The molecule has 10 aromatic rings. The van der Waals surface area contributed by atoms with Crippen molar-refractivity contribution in [3.8, 4) is 44.8 Å². The summed E-state index contributed by atoms with van der Waals surface area (Å²) >= 11 is 0. The Morgan fingerprint density at radius 3 is 1.72 bits per heavy atom. The predicted octanol–water partition coefficient (Wildman–Crippen LogP) is 15.0. The minimum atomic E-state index is 0.966. The third-order valence-corrected chi connectivity index (χ3v) is 11.2. The molecule has 0 aliphatic heterocycles. The van der Waals surface area contributed by atoms with Crippen LogP contribution in [0.4, 0.5) is 0 Å². The summed E-state index contributed by atoms with van der Waals surface area (Å²) in [6.45, 7) is 6.51. The first-order chi connectivity index (χ1) is 28.2. The number of aromatic nitrogens is 2. The van der Waals surface area contributed by atoms with Gasteiger partial charge >= 0.3 is 0 Å². The molecular weight excluding hydrogens is 689 g/mol. The molecule has 2 aromatic heterocycles. The molecule has 0 bridgehead atoms. The number of para-hydroxylation sites is 3. The number of benzene rings is 8. The molecule has 0 fully saturated rings. The molecule has 0 atom stereocenters. The van der Waals surface area contributed by atoms with Gasteiger partial charge < -0.3 is 9.13 Å². The summed E-state index contributed by atoms with van der Waals surface area (Å²) in [4.78, 5) is 0. The lowest BCUT2D eigenvalue weighted by atomic mass is 9.98. The molecule has 0 aliphatic rings. The normalized spacial score (nSPS) is 11.9. The summed E-state index contributed by atoms with van der Waals surface area (Å²) in [6.07, 6.45) is 8.22. The summed E-state index contributed by atoms with van der Waals surface area (Å²) in [6, 6.07) is 68.3. The maximum absolute atomic E-state index is 4.48. The molecule has 0 saturated carbocycles. The minimum Gasteiger partial charge on any atom is -0.309 e. The first-order valence-electron chi connectivity index (χ1n) is 19.6. The Morgan fingerprint density at radius 1 is 0.421 bits per heavy atom. The SMILES string of the molecule is C=C(C=CC=CC)c1cc(-c2ccccc2)cc(-n2c3ccccc3c3cc(-c4cccc5c6ccccc6n(-c6ccc(-c7ccccc7)cc6)c45)ccc32)c1. The molecule has 0 radical (unpaired) electrons. The van der Waals surface area contributed by atoms with Crippen molar-refractivity contribution in [2.45, 2.75) is 6.92 Å². The van der Waals surface area contributed by atoms with Crippen molar-refractivity contribution in [1.82, 2.24) is 9.13 Å². The van der Waals surface area contributed by atoms with Gasteiger partial charge in [0.1, 0.15) is 0 Å². The average molecular weight is 729 g/mol. The van der Waals surface area contributed by atoms with Gasteiger partial charge in [-0.1, -0.05) is 164 Å². The van der Waals surface area contributed by atoms with Gasteiger partial charge in [-0.25, -0.2) is 0 Å². The van der Waals surface area contributed by atoms with E-state index >= 15 is 0 Å². The summed E-state index contributed by atoms with van der Waals surface area (Å²) in [5, 5.41) is 4.92. The Morgan fingerprint density at radius 2 is 1.00 bits per heavy atom. The highest BCUT2D eigenvalue weighted by atomic mass is 15.0. The van der Waals surface area contributed by atoms with Gasteiger partial charge in [0.15, 0.2) is 0 Å². The molecule has 2 heteroatoms. The van der Waals surface area contributed by atoms with E-state index in [1.807, 2.05) is 19.1 Å². The largest absolute Gasteiger partial charge is 0.309 e. The zero-order valence-corrected chi connectivity index (χ0v) is 31.8. The molecule has 0 amide bonds. The quantitative estimate of drug-likeness (QED) is 0.138. The van der Waals surface area contributed by atoms with E-state index in [-0.39, 0.29) is 0 Å². The van der Waals surface area contributed by atoms with E-state index in [0.29, 0.717) is 0 Å². The van der Waals surface area contributed by atoms with Gasteiger partial charge in [-0.3, -0.25) is 0 Å². The summed E-state index contributed by atoms with van der Waals surface area (Å²) < 4.78 is 4.86. The molecule has 10 rings (SSSR count). The van der Waals surface area contributed by atoms with Gasteiger partial charge in [-0.05, 0) is 100 Å². The van der Waals surface area contributed by atoms with Crippen molar-refractivity contribution in [3.05, 3.63) is 225 Å².